The molecule has 1 fully saturated rings. The van der Waals surface area contributed by atoms with Gasteiger partial charge in [0.2, 0.25) is 0 Å². The normalized spacial score (nSPS) is 18.6. The number of carbonyl (C=O) groups is 2. The quantitative estimate of drug-likeness (QED) is 0.533. The van der Waals surface area contributed by atoms with Crippen LogP contribution in [0.3, 0.4) is 0 Å². The molecule has 2 atom stereocenters. The molecule has 0 saturated carbocycles. The molecule has 0 bridgehead atoms. The summed E-state index contributed by atoms with van der Waals surface area (Å²) >= 11 is 0. The molecule has 3 aromatic rings. The molecule has 122 valence electrons. The van der Waals surface area contributed by atoms with Gasteiger partial charge in [0.25, 0.3) is 5.91 Å². The molecule has 3 aromatic carbocycles. The Morgan fingerprint density at radius 3 is 1.68 bits per heavy atom. The zero-order valence-electron chi connectivity index (χ0n) is 13.6. The minimum Gasteiger partial charge on any atom is -0.316 e. The van der Waals surface area contributed by atoms with Gasteiger partial charge in [-0.3, -0.25) is 9.59 Å². The standard InChI is InChI=1S/C22H17NO2/c24-21(17-12-6-2-7-13-17)20-19(16-10-4-1-5-11-16)23(20)22(25)18-14-8-3-9-15-18/h1-15,19-20H/t19-,20+,23?/m1/s1. The van der Waals surface area contributed by atoms with Crippen LogP contribution in [0.4, 0.5) is 0 Å². The first kappa shape index (κ1) is 15.3. The Morgan fingerprint density at radius 1 is 0.640 bits per heavy atom. The van der Waals surface area contributed by atoms with Crippen molar-refractivity contribution < 1.29 is 9.59 Å². The second-order valence-electron chi connectivity index (χ2n) is 6.11. The van der Waals surface area contributed by atoms with Gasteiger partial charge in [0.15, 0.2) is 5.78 Å². The summed E-state index contributed by atoms with van der Waals surface area (Å²) in [6.07, 6.45) is 0. The number of ketones is 1. The smallest absolute Gasteiger partial charge is 0.255 e. The third-order valence-corrected chi connectivity index (χ3v) is 4.53. The van der Waals surface area contributed by atoms with Crippen molar-refractivity contribution in [1.29, 1.82) is 0 Å². The van der Waals surface area contributed by atoms with Gasteiger partial charge in [0.05, 0.1) is 6.04 Å². The van der Waals surface area contributed by atoms with Gasteiger partial charge in [0.1, 0.15) is 6.04 Å². The first-order valence-electron chi connectivity index (χ1n) is 8.29. The molecule has 0 unspecified atom stereocenters. The third kappa shape index (κ3) is 2.85. The highest BCUT2D eigenvalue weighted by Gasteiger charge is 2.56. The van der Waals surface area contributed by atoms with Crippen LogP contribution in [0.15, 0.2) is 91.0 Å². The minimum absolute atomic E-state index is 0.0151. The number of hydrogen-bond acceptors (Lipinski definition) is 2. The Kier molecular flexibility index (Phi) is 3.90. The van der Waals surface area contributed by atoms with Gasteiger partial charge in [-0.25, -0.2) is 0 Å². The Hall–Kier alpha value is -3.20. The highest BCUT2D eigenvalue weighted by molar-refractivity contribution is 6.08. The molecule has 1 aliphatic rings. The number of rotatable bonds is 4. The summed E-state index contributed by atoms with van der Waals surface area (Å²) in [4.78, 5) is 27.5. The van der Waals surface area contributed by atoms with E-state index in [4.69, 9.17) is 0 Å². The summed E-state index contributed by atoms with van der Waals surface area (Å²) in [5, 5.41) is 0. The van der Waals surface area contributed by atoms with Gasteiger partial charge in [-0.1, -0.05) is 78.9 Å². The van der Waals surface area contributed by atoms with Gasteiger partial charge >= 0.3 is 0 Å². The topological polar surface area (TPSA) is 37.1 Å². The predicted octanol–water partition coefficient (Wildman–Crippen LogP) is 4.14. The largest absolute Gasteiger partial charge is 0.316 e. The van der Waals surface area contributed by atoms with E-state index in [1.165, 1.54) is 0 Å². The number of Topliss-reactive ketones (excluding diaryl/α,β-unsaturated/α-hetero) is 1. The second kappa shape index (κ2) is 6.36. The number of hydrogen-bond donors (Lipinski definition) is 0. The molecule has 0 spiro atoms. The van der Waals surface area contributed by atoms with Crippen LogP contribution in [-0.4, -0.2) is 22.6 Å². The lowest BCUT2D eigenvalue weighted by molar-refractivity contribution is 0.0833. The number of benzene rings is 3. The zero-order chi connectivity index (χ0) is 17.2. The van der Waals surface area contributed by atoms with Crippen LogP contribution >= 0.6 is 0 Å². The highest BCUT2D eigenvalue weighted by Crippen LogP contribution is 2.45. The Balaban J connectivity index is 1.68. The Morgan fingerprint density at radius 2 is 1.12 bits per heavy atom. The maximum absolute atomic E-state index is 12.9. The van der Waals surface area contributed by atoms with Crippen LogP contribution in [0, 0.1) is 0 Å². The van der Waals surface area contributed by atoms with E-state index in [1.54, 1.807) is 29.2 Å². The summed E-state index contributed by atoms with van der Waals surface area (Å²) in [6, 6.07) is 27.4. The molecule has 3 nitrogen and oxygen atoms in total. The summed E-state index contributed by atoms with van der Waals surface area (Å²) in [5.41, 5.74) is 2.23. The number of carbonyl (C=O) groups excluding carboxylic acids is 2. The zero-order valence-corrected chi connectivity index (χ0v) is 13.6. The lowest BCUT2D eigenvalue weighted by Crippen LogP contribution is -2.19. The van der Waals surface area contributed by atoms with Crippen LogP contribution in [-0.2, 0) is 0 Å². The van der Waals surface area contributed by atoms with Crippen LogP contribution in [0.25, 0.3) is 0 Å². The average molecular weight is 327 g/mol. The van der Waals surface area contributed by atoms with E-state index in [1.807, 2.05) is 66.7 Å². The van der Waals surface area contributed by atoms with E-state index in [9.17, 15) is 9.59 Å². The predicted molar refractivity (Wildman–Crippen MR) is 96.4 cm³/mol. The average Bonchev–Trinajstić information content (AvgIpc) is 3.44. The maximum atomic E-state index is 12.9. The van der Waals surface area contributed by atoms with Crippen molar-refractivity contribution in [3.8, 4) is 0 Å². The van der Waals surface area contributed by atoms with Crippen molar-refractivity contribution in [2.75, 3.05) is 0 Å². The molecule has 1 heterocycles. The van der Waals surface area contributed by atoms with Gasteiger partial charge in [-0.2, -0.15) is 0 Å². The number of amides is 1. The molecular formula is C22H17NO2. The van der Waals surface area contributed by atoms with E-state index < -0.39 is 6.04 Å². The van der Waals surface area contributed by atoms with Gasteiger partial charge in [-0.15, -0.1) is 0 Å². The van der Waals surface area contributed by atoms with Crippen molar-refractivity contribution >= 4 is 11.7 Å². The lowest BCUT2D eigenvalue weighted by atomic mass is 10.0. The molecule has 1 saturated heterocycles. The van der Waals surface area contributed by atoms with Crippen molar-refractivity contribution in [2.45, 2.75) is 12.1 Å². The fraction of sp³-hybridized carbons (Fsp3) is 0.0909. The fourth-order valence-electron chi connectivity index (χ4n) is 3.25. The molecule has 0 aliphatic carbocycles. The van der Waals surface area contributed by atoms with Gasteiger partial charge < -0.3 is 4.90 Å². The van der Waals surface area contributed by atoms with Gasteiger partial charge in [-0.05, 0) is 17.7 Å². The first-order chi connectivity index (χ1) is 12.3. The maximum Gasteiger partial charge on any atom is 0.255 e. The molecule has 4 rings (SSSR count). The Bertz CT molecular complexity index is 834. The Labute approximate surface area is 146 Å². The van der Waals surface area contributed by atoms with Crippen molar-refractivity contribution in [3.63, 3.8) is 0 Å². The van der Waals surface area contributed by atoms with Gasteiger partial charge in [0, 0.05) is 11.1 Å². The van der Waals surface area contributed by atoms with Crippen molar-refractivity contribution in [1.82, 2.24) is 4.90 Å². The summed E-state index contributed by atoms with van der Waals surface area (Å²) in [6.45, 7) is 0. The molecule has 0 N–H and O–H groups in total. The van der Waals surface area contributed by atoms with E-state index in [2.05, 4.69) is 0 Å². The highest BCUT2D eigenvalue weighted by atomic mass is 16.2. The third-order valence-electron chi connectivity index (χ3n) is 4.53. The molecule has 25 heavy (non-hydrogen) atoms. The van der Waals surface area contributed by atoms with Crippen LogP contribution < -0.4 is 0 Å². The van der Waals surface area contributed by atoms with Crippen LogP contribution in [0.1, 0.15) is 32.3 Å². The van der Waals surface area contributed by atoms with E-state index in [-0.39, 0.29) is 17.7 Å². The molecule has 1 aliphatic heterocycles. The summed E-state index contributed by atoms with van der Waals surface area (Å²) < 4.78 is 0. The SMILES string of the molecule is O=C(c1ccccc1)[C@@H]1[C@@H](c2ccccc2)N1C(=O)c1ccccc1. The second-order valence-corrected chi connectivity index (χ2v) is 6.11. The monoisotopic (exact) mass is 327 g/mol. The van der Waals surface area contributed by atoms with Crippen molar-refractivity contribution in [3.05, 3.63) is 108 Å². The molecule has 0 radical (unpaired) electrons. The fourth-order valence-corrected chi connectivity index (χ4v) is 3.25. The molecular weight excluding hydrogens is 310 g/mol. The van der Waals surface area contributed by atoms with E-state index in [0.29, 0.717) is 11.1 Å². The van der Waals surface area contributed by atoms with E-state index in [0.717, 1.165) is 5.56 Å². The lowest BCUT2D eigenvalue weighted by Gasteiger charge is -2.05. The molecule has 0 aromatic heterocycles. The van der Waals surface area contributed by atoms with E-state index >= 15 is 0 Å². The van der Waals surface area contributed by atoms with Crippen molar-refractivity contribution in [2.24, 2.45) is 0 Å². The minimum atomic E-state index is -0.447. The van der Waals surface area contributed by atoms with Crippen LogP contribution in [0.5, 0.6) is 0 Å². The molecule has 3 heteroatoms. The summed E-state index contributed by atoms with van der Waals surface area (Å²) in [5.74, 6) is -0.123. The number of nitrogens with zero attached hydrogens (tertiary/aromatic N) is 1. The van der Waals surface area contributed by atoms with Crippen LogP contribution in [0.2, 0.25) is 0 Å². The first-order valence-corrected chi connectivity index (χ1v) is 8.29. The molecule has 1 amide bonds. The summed E-state index contributed by atoms with van der Waals surface area (Å²) in [7, 11) is 0.